The zero-order chi connectivity index (χ0) is 17.7. The highest BCUT2D eigenvalue weighted by atomic mass is 79.9. The van der Waals surface area contributed by atoms with Crippen molar-refractivity contribution < 1.29 is 9.18 Å². The number of allylic oxidation sites excluding steroid dienone is 1. The number of rotatable bonds is 3. The van der Waals surface area contributed by atoms with E-state index in [0.29, 0.717) is 42.0 Å². The number of nitrogens with zero attached hydrogens (tertiary/aromatic N) is 4. The van der Waals surface area contributed by atoms with Crippen molar-refractivity contribution in [3.05, 3.63) is 34.2 Å². The van der Waals surface area contributed by atoms with Gasteiger partial charge in [-0.2, -0.15) is 10.5 Å². The van der Waals surface area contributed by atoms with Gasteiger partial charge in [0.15, 0.2) is 0 Å². The molecule has 0 unspecified atom stereocenters. The van der Waals surface area contributed by atoms with E-state index in [1.807, 2.05) is 4.90 Å². The van der Waals surface area contributed by atoms with E-state index >= 15 is 0 Å². The molecule has 0 radical (unpaired) electrons. The summed E-state index contributed by atoms with van der Waals surface area (Å²) in [5.74, 6) is -0.404. The number of nitrogens with one attached hydrogen (secondary N) is 1. The van der Waals surface area contributed by atoms with Crippen molar-refractivity contribution in [2.45, 2.75) is 6.92 Å². The minimum absolute atomic E-state index is 0.0197. The average molecular weight is 392 g/mol. The topological polar surface area (TPSA) is 83.2 Å². The Morgan fingerprint density at radius 3 is 2.42 bits per heavy atom. The second-order valence-corrected chi connectivity index (χ2v) is 6.06. The second kappa shape index (κ2) is 7.80. The summed E-state index contributed by atoms with van der Waals surface area (Å²) >= 11 is 3.37. The van der Waals surface area contributed by atoms with Crippen LogP contribution in [0.3, 0.4) is 0 Å². The predicted molar refractivity (Wildman–Crippen MR) is 91.5 cm³/mol. The number of carbonyl (C=O) groups is 1. The molecule has 1 aliphatic heterocycles. The molecular formula is C16H15BrFN5O. The number of nitriles is 2. The quantitative estimate of drug-likeness (QED) is 0.800. The first-order valence-electron chi connectivity index (χ1n) is 7.22. The number of hydrogen-bond acceptors (Lipinski definition) is 5. The van der Waals surface area contributed by atoms with Crippen LogP contribution in [0, 0.1) is 28.5 Å². The molecule has 1 aromatic carbocycles. The normalized spacial score (nSPS) is 13.7. The van der Waals surface area contributed by atoms with Crippen LogP contribution in [0.2, 0.25) is 0 Å². The molecule has 1 amide bonds. The molecule has 0 spiro atoms. The smallest absolute Gasteiger partial charge is 0.219 e. The van der Waals surface area contributed by atoms with Crippen molar-refractivity contribution in [2.24, 2.45) is 0 Å². The maximum atomic E-state index is 14.5. The minimum Gasteiger partial charge on any atom is -0.365 e. The molecule has 2 rings (SSSR count). The Labute approximate surface area is 147 Å². The molecule has 0 bridgehead atoms. The summed E-state index contributed by atoms with van der Waals surface area (Å²) in [7, 11) is 0. The van der Waals surface area contributed by atoms with Crippen molar-refractivity contribution >= 4 is 33.2 Å². The summed E-state index contributed by atoms with van der Waals surface area (Å²) in [6.45, 7) is 3.73. The number of anilines is 2. The first-order valence-corrected chi connectivity index (χ1v) is 8.02. The third kappa shape index (κ3) is 4.03. The van der Waals surface area contributed by atoms with Crippen LogP contribution in [0.4, 0.5) is 15.8 Å². The fourth-order valence-corrected chi connectivity index (χ4v) is 3.13. The zero-order valence-corrected chi connectivity index (χ0v) is 14.6. The number of hydrogen-bond donors (Lipinski definition) is 1. The maximum absolute atomic E-state index is 14.5. The van der Waals surface area contributed by atoms with E-state index in [1.165, 1.54) is 19.2 Å². The molecule has 1 heterocycles. The third-order valence-electron chi connectivity index (χ3n) is 3.68. The van der Waals surface area contributed by atoms with E-state index in [9.17, 15) is 9.18 Å². The van der Waals surface area contributed by atoms with Gasteiger partial charge in [-0.15, -0.1) is 0 Å². The molecule has 1 aliphatic rings. The summed E-state index contributed by atoms with van der Waals surface area (Å²) in [5, 5.41) is 20.1. The average Bonchev–Trinajstić information content (AvgIpc) is 2.55. The molecule has 0 aliphatic carbocycles. The Morgan fingerprint density at radius 1 is 1.29 bits per heavy atom. The van der Waals surface area contributed by atoms with Crippen LogP contribution < -0.4 is 10.2 Å². The maximum Gasteiger partial charge on any atom is 0.219 e. The Morgan fingerprint density at radius 2 is 1.92 bits per heavy atom. The van der Waals surface area contributed by atoms with Gasteiger partial charge in [-0.3, -0.25) is 4.79 Å². The van der Waals surface area contributed by atoms with Crippen LogP contribution in [-0.4, -0.2) is 37.0 Å². The lowest BCUT2D eigenvalue weighted by Crippen LogP contribution is -2.48. The largest absolute Gasteiger partial charge is 0.365 e. The molecule has 0 saturated carbocycles. The highest BCUT2D eigenvalue weighted by Crippen LogP contribution is 2.33. The summed E-state index contributed by atoms with van der Waals surface area (Å²) in [5.41, 5.74) is 0.762. The van der Waals surface area contributed by atoms with Gasteiger partial charge in [0.2, 0.25) is 5.91 Å². The molecule has 0 atom stereocenters. The summed E-state index contributed by atoms with van der Waals surface area (Å²) in [4.78, 5) is 15.0. The number of halogens is 2. The van der Waals surface area contributed by atoms with E-state index in [2.05, 4.69) is 21.2 Å². The van der Waals surface area contributed by atoms with Crippen LogP contribution in [0.5, 0.6) is 0 Å². The first kappa shape index (κ1) is 17.8. The van der Waals surface area contributed by atoms with Gasteiger partial charge in [-0.1, -0.05) is 0 Å². The highest BCUT2D eigenvalue weighted by Gasteiger charge is 2.23. The third-order valence-corrected chi connectivity index (χ3v) is 4.29. The second-order valence-electron chi connectivity index (χ2n) is 5.21. The molecule has 0 aromatic heterocycles. The van der Waals surface area contributed by atoms with E-state index in [4.69, 9.17) is 10.5 Å². The van der Waals surface area contributed by atoms with Gasteiger partial charge in [-0.05, 0) is 28.1 Å². The van der Waals surface area contributed by atoms with E-state index in [-0.39, 0.29) is 11.5 Å². The Balaban J connectivity index is 2.17. The van der Waals surface area contributed by atoms with Gasteiger partial charge in [0.1, 0.15) is 23.5 Å². The zero-order valence-electron chi connectivity index (χ0n) is 13.0. The van der Waals surface area contributed by atoms with Crippen molar-refractivity contribution in [2.75, 3.05) is 36.4 Å². The number of benzene rings is 1. The standard InChI is InChI=1S/C16H15BrFN5O/c1-11(24)22-2-4-23(5-3-22)16-14(17)6-13(7-15(16)18)21-10-12(8-19)9-20/h6-7,10,21H,2-5H2,1H3. The van der Waals surface area contributed by atoms with E-state index < -0.39 is 5.82 Å². The summed E-state index contributed by atoms with van der Waals surface area (Å²) in [6.07, 6.45) is 1.23. The molecule has 1 N–H and O–H groups in total. The number of piperazine rings is 1. The Kier molecular flexibility index (Phi) is 5.78. The molecule has 8 heteroatoms. The van der Waals surface area contributed by atoms with Crippen LogP contribution in [0.1, 0.15) is 6.92 Å². The van der Waals surface area contributed by atoms with Crippen LogP contribution in [0.15, 0.2) is 28.4 Å². The van der Waals surface area contributed by atoms with Gasteiger partial charge in [0.05, 0.1) is 5.69 Å². The SMILES string of the molecule is CC(=O)N1CCN(c2c(F)cc(NC=C(C#N)C#N)cc2Br)CC1. The van der Waals surface area contributed by atoms with Crippen molar-refractivity contribution in [3.8, 4) is 12.1 Å². The van der Waals surface area contributed by atoms with E-state index in [0.717, 1.165) is 0 Å². The van der Waals surface area contributed by atoms with Gasteiger partial charge in [0, 0.05) is 49.5 Å². The Hall–Kier alpha value is -2.58. The molecule has 24 heavy (non-hydrogen) atoms. The Bertz CT molecular complexity index is 718. The molecule has 6 nitrogen and oxygen atoms in total. The van der Waals surface area contributed by atoms with Crippen LogP contribution in [-0.2, 0) is 4.79 Å². The highest BCUT2D eigenvalue weighted by molar-refractivity contribution is 9.10. The van der Waals surface area contributed by atoms with Crippen LogP contribution in [0.25, 0.3) is 0 Å². The number of amides is 1. The summed E-state index contributed by atoms with van der Waals surface area (Å²) in [6, 6.07) is 6.42. The number of carbonyl (C=O) groups excluding carboxylic acids is 1. The fourth-order valence-electron chi connectivity index (χ4n) is 2.44. The minimum atomic E-state index is -0.424. The van der Waals surface area contributed by atoms with Gasteiger partial charge < -0.3 is 15.1 Å². The molecule has 1 saturated heterocycles. The van der Waals surface area contributed by atoms with Crippen LogP contribution >= 0.6 is 15.9 Å². The van der Waals surface area contributed by atoms with Crippen molar-refractivity contribution in [1.29, 1.82) is 10.5 Å². The molecule has 1 aromatic rings. The summed E-state index contributed by atoms with van der Waals surface area (Å²) < 4.78 is 15.1. The lowest BCUT2D eigenvalue weighted by molar-refractivity contribution is -0.129. The lowest BCUT2D eigenvalue weighted by Gasteiger charge is -2.36. The predicted octanol–water partition coefficient (Wildman–Crippen LogP) is 2.60. The van der Waals surface area contributed by atoms with Gasteiger partial charge in [0.25, 0.3) is 0 Å². The molecular weight excluding hydrogens is 377 g/mol. The first-order chi connectivity index (χ1) is 11.5. The van der Waals surface area contributed by atoms with Gasteiger partial charge in [-0.25, -0.2) is 4.39 Å². The van der Waals surface area contributed by atoms with Gasteiger partial charge >= 0.3 is 0 Å². The fraction of sp³-hybridized carbons (Fsp3) is 0.312. The lowest BCUT2D eigenvalue weighted by atomic mass is 10.2. The van der Waals surface area contributed by atoms with E-state index in [1.54, 1.807) is 23.1 Å². The van der Waals surface area contributed by atoms with Crippen molar-refractivity contribution in [1.82, 2.24) is 4.90 Å². The monoisotopic (exact) mass is 391 g/mol. The van der Waals surface area contributed by atoms with Crippen molar-refractivity contribution in [3.63, 3.8) is 0 Å². The molecule has 1 fully saturated rings. The molecule has 124 valence electrons.